The van der Waals surface area contributed by atoms with Crippen LogP contribution in [0.3, 0.4) is 0 Å². The maximum atomic E-state index is 5.19. The average molecular weight is 144 g/mol. The summed E-state index contributed by atoms with van der Waals surface area (Å²) < 4.78 is 10.4. The molecule has 0 spiro atoms. The SMILES string of the molecule is CC.CC(C)B1OCCO1. The molecule has 10 heavy (non-hydrogen) atoms. The van der Waals surface area contributed by atoms with Gasteiger partial charge in [0, 0.05) is 0 Å². The van der Waals surface area contributed by atoms with Gasteiger partial charge in [-0.1, -0.05) is 27.7 Å². The normalized spacial score (nSPS) is 17.1. The molecule has 1 saturated heterocycles. The highest BCUT2D eigenvalue weighted by Crippen LogP contribution is 2.13. The van der Waals surface area contributed by atoms with Crippen LogP contribution in [0.5, 0.6) is 0 Å². The molecule has 1 heterocycles. The van der Waals surface area contributed by atoms with Crippen LogP contribution in [0.2, 0.25) is 5.82 Å². The predicted octanol–water partition coefficient (Wildman–Crippen LogP) is 1.96. The minimum atomic E-state index is 0.0648. The van der Waals surface area contributed by atoms with Crippen LogP contribution in [0.15, 0.2) is 0 Å². The first-order valence-electron chi connectivity index (χ1n) is 4.04. The van der Waals surface area contributed by atoms with E-state index in [0.29, 0.717) is 5.82 Å². The molecule has 1 aliphatic rings. The lowest BCUT2D eigenvalue weighted by molar-refractivity contribution is 0.363. The van der Waals surface area contributed by atoms with E-state index in [4.69, 9.17) is 9.31 Å². The summed E-state index contributed by atoms with van der Waals surface area (Å²) in [4.78, 5) is 0. The third-order valence-corrected chi connectivity index (χ3v) is 1.19. The Morgan fingerprint density at radius 3 is 1.70 bits per heavy atom. The first-order valence-corrected chi connectivity index (χ1v) is 4.04. The number of hydrogen-bond acceptors (Lipinski definition) is 2. The summed E-state index contributed by atoms with van der Waals surface area (Å²) in [6.45, 7) is 9.72. The Bertz CT molecular complexity index is 70.0. The fourth-order valence-corrected chi connectivity index (χ4v) is 0.762. The summed E-state index contributed by atoms with van der Waals surface area (Å²) in [7, 11) is 0.0648. The van der Waals surface area contributed by atoms with E-state index in [9.17, 15) is 0 Å². The van der Waals surface area contributed by atoms with E-state index in [0.717, 1.165) is 13.2 Å². The van der Waals surface area contributed by atoms with Crippen molar-refractivity contribution in [3.8, 4) is 0 Å². The Morgan fingerprint density at radius 2 is 1.50 bits per heavy atom. The molecule has 0 saturated carbocycles. The van der Waals surface area contributed by atoms with E-state index >= 15 is 0 Å². The molecule has 2 nitrogen and oxygen atoms in total. The minimum absolute atomic E-state index is 0.0648. The van der Waals surface area contributed by atoms with E-state index < -0.39 is 0 Å². The van der Waals surface area contributed by atoms with Gasteiger partial charge in [0.25, 0.3) is 0 Å². The van der Waals surface area contributed by atoms with Gasteiger partial charge >= 0.3 is 7.12 Å². The van der Waals surface area contributed by atoms with Crippen LogP contribution < -0.4 is 0 Å². The Labute approximate surface area is 64.0 Å². The van der Waals surface area contributed by atoms with Crippen molar-refractivity contribution in [2.24, 2.45) is 0 Å². The van der Waals surface area contributed by atoms with Crippen molar-refractivity contribution in [1.82, 2.24) is 0 Å². The summed E-state index contributed by atoms with van der Waals surface area (Å²) >= 11 is 0. The smallest absolute Gasteiger partial charge is 0.409 e. The van der Waals surface area contributed by atoms with Crippen LogP contribution in [0.1, 0.15) is 27.7 Å². The summed E-state index contributed by atoms with van der Waals surface area (Å²) in [6.07, 6.45) is 0. The Kier molecular flexibility index (Phi) is 5.74. The lowest BCUT2D eigenvalue weighted by Gasteiger charge is -2.04. The summed E-state index contributed by atoms with van der Waals surface area (Å²) in [6, 6.07) is 0. The minimum Gasteiger partial charge on any atom is -0.409 e. The van der Waals surface area contributed by atoms with Crippen molar-refractivity contribution in [1.29, 1.82) is 0 Å². The lowest BCUT2D eigenvalue weighted by atomic mass is 9.75. The fraction of sp³-hybridized carbons (Fsp3) is 1.00. The van der Waals surface area contributed by atoms with Crippen LogP contribution in [-0.4, -0.2) is 20.3 Å². The van der Waals surface area contributed by atoms with Gasteiger partial charge in [-0.25, -0.2) is 0 Å². The molecular weight excluding hydrogens is 127 g/mol. The van der Waals surface area contributed by atoms with Crippen molar-refractivity contribution in [3.63, 3.8) is 0 Å². The zero-order valence-electron chi connectivity index (χ0n) is 7.39. The molecule has 1 rings (SSSR count). The lowest BCUT2D eigenvalue weighted by Crippen LogP contribution is -2.17. The Hall–Kier alpha value is -0.0151. The van der Waals surface area contributed by atoms with E-state index in [1.54, 1.807) is 0 Å². The van der Waals surface area contributed by atoms with Gasteiger partial charge in [-0.05, 0) is 5.82 Å². The summed E-state index contributed by atoms with van der Waals surface area (Å²) in [5.41, 5.74) is 0. The van der Waals surface area contributed by atoms with E-state index in [1.807, 2.05) is 13.8 Å². The van der Waals surface area contributed by atoms with Crippen molar-refractivity contribution in [2.75, 3.05) is 13.2 Å². The van der Waals surface area contributed by atoms with Crippen LogP contribution in [0.25, 0.3) is 0 Å². The fourth-order valence-electron chi connectivity index (χ4n) is 0.762. The second-order valence-electron chi connectivity index (χ2n) is 2.35. The van der Waals surface area contributed by atoms with Gasteiger partial charge in [0.1, 0.15) is 0 Å². The summed E-state index contributed by atoms with van der Waals surface area (Å²) in [5.74, 6) is 0.498. The van der Waals surface area contributed by atoms with E-state index in [1.165, 1.54) is 0 Å². The predicted molar refractivity (Wildman–Crippen MR) is 44.1 cm³/mol. The summed E-state index contributed by atoms with van der Waals surface area (Å²) in [5, 5.41) is 0. The van der Waals surface area contributed by atoms with Gasteiger partial charge in [0.15, 0.2) is 0 Å². The molecule has 0 atom stereocenters. The largest absolute Gasteiger partial charge is 0.459 e. The molecule has 0 aromatic rings. The van der Waals surface area contributed by atoms with Crippen LogP contribution >= 0.6 is 0 Å². The molecule has 0 amide bonds. The van der Waals surface area contributed by atoms with Gasteiger partial charge in [-0.2, -0.15) is 0 Å². The van der Waals surface area contributed by atoms with Gasteiger partial charge in [0.2, 0.25) is 0 Å². The van der Waals surface area contributed by atoms with Crippen molar-refractivity contribution < 1.29 is 9.31 Å². The Morgan fingerprint density at radius 1 is 1.10 bits per heavy atom. The molecule has 0 aromatic heterocycles. The highest BCUT2D eigenvalue weighted by Gasteiger charge is 2.26. The molecule has 1 aliphatic heterocycles. The second-order valence-corrected chi connectivity index (χ2v) is 2.35. The molecule has 60 valence electrons. The van der Waals surface area contributed by atoms with Gasteiger partial charge in [0.05, 0.1) is 13.2 Å². The number of rotatable bonds is 1. The molecule has 3 heteroatoms. The first-order chi connectivity index (χ1) is 4.80. The average Bonchev–Trinajstić information content (AvgIpc) is 2.42. The highest BCUT2D eigenvalue weighted by atomic mass is 16.6. The zero-order valence-corrected chi connectivity index (χ0v) is 7.39. The molecule has 0 N–H and O–H groups in total. The van der Waals surface area contributed by atoms with Crippen LogP contribution in [0, 0.1) is 0 Å². The second kappa shape index (κ2) is 5.75. The van der Waals surface area contributed by atoms with Gasteiger partial charge in [-0.15, -0.1) is 0 Å². The van der Waals surface area contributed by atoms with E-state index in [-0.39, 0.29) is 7.12 Å². The van der Waals surface area contributed by atoms with Crippen molar-refractivity contribution in [2.45, 2.75) is 33.5 Å². The van der Waals surface area contributed by atoms with Gasteiger partial charge < -0.3 is 9.31 Å². The third-order valence-electron chi connectivity index (χ3n) is 1.19. The number of hydrogen-bond donors (Lipinski definition) is 0. The molecular formula is C7H17BO2. The maximum Gasteiger partial charge on any atom is 0.459 e. The highest BCUT2D eigenvalue weighted by molar-refractivity contribution is 6.46. The third kappa shape index (κ3) is 3.23. The quantitative estimate of drug-likeness (QED) is 0.523. The molecule has 0 aromatic carbocycles. The van der Waals surface area contributed by atoms with E-state index in [2.05, 4.69) is 13.8 Å². The van der Waals surface area contributed by atoms with Crippen molar-refractivity contribution >= 4 is 7.12 Å². The van der Waals surface area contributed by atoms with Gasteiger partial charge in [-0.3, -0.25) is 0 Å². The van der Waals surface area contributed by atoms with Crippen molar-refractivity contribution in [3.05, 3.63) is 0 Å². The maximum absolute atomic E-state index is 5.19. The van der Waals surface area contributed by atoms with Crippen LogP contribution in [-0.2, 0) is 9.31 Å². The monoisotopic (exact) mass is 144 g/mol. The standard InChI is InChI=1S/C5H11BO2.C2H6/c1-5(2)6-7-3-4-8-6;1-2/h5H,3-4H2,1-2H3;1-2H3. The topological polar surface area (TPSA) is 18.5 Å². The zero-order chi connectivity index (χ0) is 7.98. The molecule has 0 bridgehead atoms. The molecule has 0 radical (unpaired) electrons. The molecule has 0 unspecified atom stereocenters. The first kappa shape index (κ1) is 9.98. The Balaban J connectivity index is 0.000000371. The molecule has 0 aliphatic carbocycles. The van der Waals surface area contributed by atoms with Crippen LogP contribution in [0.4, 0.5) is 0 Å². The molecule has 1 fully saturated rings.